The molecule has 1 saturated carbocycles. The number of hydrogen-bond acceptors (Lipinski definition) is 3. The lowest BCUT2D eigenvalue weighted by Gasteiger charge is -2.19. The Morgan fingerprint density at radius 2 is 1.55 bits per heavy atom. The number of carbonyl (C=O) groups excluding carboxylic acids is 2. The minimum atomic E-state index is -0.526. The Morgan fingerprint density at radius 1 is 1.05 bits per heavy atom. The van der Waals surface area contributed by atoms with Crippen molar-refractivity contribution in [3.8, 4) is 0 Å². The highest BCUT2D eigenvalue weighted by Crippen LogP contribution is 2.30. The van der Waals surface area contributed by atoms with Gasteiger partial charge < -0.3 is 10.1 Å². The first-order valence-corrected chi connectivity index (χ1v) is 6.74. The number of ether oxygens (including phenoxy) is 1. The van der Waals surface area contributed by atoms with Gasteiger partial charge in [-0.2, -0.15) is 0 Å². The van der Waals surface area contributed by atoms with Crippen LogP contribution in [-0.4, -0.2) is 17.6 Å². The number of hydrogen-bond donors (Lipinski definition) is 2. The van der Waals surface area contributed by atoms with E-state index in [0.29, 0.717) is 5.69 Å². The predicted octanol–water partition coefficient (Wildman–Crippen LogP) is 3.38. The van der Waals surface area contributed by atoms with Crippen molar-refractivity contribution in [2.75, 3.05) is 10.6 Å². The topological polar surface area (TPSA) is 67.4 Å². The monoisotopic (exact) mass is 276 g/mol. The Kier molecular flexibility index (Phi) is 3.97. The maximum absolute atomic E-state index is 11.6. The molecule has 2 rings (SSSR count). The first kappa shape index (κ1) is 14.4. The van der Waals surface area contributed by atoms with Crippen LogP contribution in [0.4, 0.5) is 16.2 Å². The van der Waals surface area contributed by atoms with E-state index in [-0.39, 0.29) is 11.8 Å². The molecule has 0 saturated heterocycles. The summed E-state index contributed by atoms with van der Waals surface area (Å²) >= 11 is 0. The molecule has 2 amide bonds. The largest absolute Gasteiger partial charge is 0.444 e. The van der Waals surface area contributed by atoms with Crippen LogP contribution in [0.1, 0.15) is 33.6 Å². The van der Waals surface area contributed by atoms with Gasteiger partial charge in [-0.15, -0.1) is 0 Å². The minimum absolute atomic E-state index is 0.0675. The Labute approximate surface area is 118 Å². The summed E-state index contributed by atoms with van der Waals surface area (Å²) in [5.74, 6) is 0.243. The van der Waals surface area contributed by atoms with Crippen molar-refractivity contribution in [3.05, 3.63) is 24.3 Å². The van der Waals surface area contributed by atoms with E-state index in [1.165, 1.54) is 0 Å². The summed E-state index contributed by atoms with van der Waals surface area (Å²) in [5, 5.41) is 5.48. The molecule has 0 aliphatic heterocycles. The Balaban J connectivity index is 1.87. The zero-order chi connectivity index (χ0) is 14.8. The Hall–Kier alpha value is -2.04. The second-order valence-corrected chi connectivity index (χ2v) is 5.97. The van der Waals surface area contributed by atoms with E-state index < -0.39 is 11.7 Å². The van der Waals surface area contributed by atoms with E-state index in [4.69, 9.17) is 4.74 Å². The first-order chi connectivity index (χ1) is 9.33. The maximum Gasteiger partial charge on any atom is 0.412 e. The minimum Gasteiger partial charge on any atom is -0.444 e. The van der Waals surface area contributed by atoms with Gasteiger partial charge in [-0.05, 0) is 57.9 Å². The summed E-state index contributed by atoms with van der Waals surface area (Å²) in [6.45, 7) is 5.43. The average molecular weight is 276 g/mol. The molecule has 0 spiro atoms. The third-order valence-electron chi connectivity index (χ3n) is 2.75. The Morgan fingerprint density at radius 3 is 2.00 bits per heavy atom. The number of nitrogens with one attached hydrogen (secondary N) is 2. The smallest absolute Gasteiger partial charge is 0.412 e. The van der Waals surface area contributed by atoms with Crippen molar-refractivity contribution >= 4 is 23.4 Å². The quantitative estimate of drug-likeness (QED) is 0.889. The molecule has 1 aliphatic carbocycles. The van der Waals surface area contributed by atoms with Crippen LogP contribution >= 0.6 is 0 Å². The SMILES string of the molecule is CC(C)(C)OC(=O)Nc1ccc(NC(=O)C2CC2)cc1. The molecule has 108 valence electrons. The molecule has 1 aliphatic rings. The van der Waals surface area contributed by atoms with Crippen LogP contribution in [0.5, 0.6) is 0 Å². The predicted molar refractivity (Wildman–Crippen MR) is 77.7 cm³/mol. The lowest BCUT2D eigenvalue weighted by Crippen LogP contribution is -2.27. The van der Waals surface area contributed by atoms with Crippen molar-refractivity contribution in [2.24, 2.45) is 5.92 Å². The number of amides is 2. The van der Waals surface area contributed by atoms with Crippen LogP contribution < -0.4 is 10.6 Å². The number of rotatable bonds is 3. The summed E-state index contributed by atoms with van der Waals surface area (Å²) < 4.78 is 5.16. The highest BCUT2D eigenvalue weighted by molar-refractivity contribution is 5.94. The molecule has 0 atom stereocenters. The van der Waals surface area contributed by atoms with Gasteiger partial charge in [0.2, 0.25) is 5.91 Å². The number of anilines is 2. The number of benzene rings is 1. The summed E-state index contributed by atoms with van der Waals surface area (Å²) in [4.78, 5) is 23.2. The highest BCUT2D eigenvalue weighted by Gasteiger charge is 2.29. The zero-order valence-electron chi connectivity index (χ0n) is 12.0. The van der Waals surface area contributed by atoms with Gasteiger partial charge in [-0.3, -0.25) is 10.1 Å². The van der Waals surface area contributed by atoms with E-state index in [0.717, 1.165) is 18.5 Å². The van der Waals surface area contributed by atoms with Crippen molar-refractivity contribution in [1.82, 2.24) is 0 Å². The summed E-state index contributed by atoms with van der Waals surface area (Å²) in [6, 6.07) is 6.97. The van der Waals surface area contributed by atoms with Gasteiger partial charge in [0, 0.05) is 17.3 Å². The second kappa shape index (κ2) is 5.53. The molecule has 5 heteroatoms. The van der Waals surface area contributed by atoms with Gasteiger partial charge in [-0.25, -0.2) is 4.79 Å². The van der Waals surface area contributed by atoms with Crippen LogP contribution in [0.2, 0.25) is 0 Å². The standard InChI is InChI=1S/C15H20N2O3/c1-15(2,3)20-14(19)17-12-8-6-11(7-9-12)16-13(18)10-4-5-10/h6-10H,4-5H2,1-3H3,(H,16,18)(H,17,19). The zero-order valence-corrected chi connectivity index (χ0v) is 12.0. The third-order valence-corrected chi connectivity index (χ3v) is 2.75. The Bertz CT molecular complexity index is 499. The van der Waals surface area contributed by atoms with Crippen LogP contribution in [-0.2, 0) is 9.53 Å². The fourth-order valence-electron chi connectivity index (χ4n) is 1.65. The van der Waals surface area contributed by atoms with E-state index in [2.05, 4.69) is 10.6 Å². The van der Waals surface area contributed by atoms with Crippen molar-refractivity contribution in [3.63, 3.8) is 0 Å². The van der Waals surface area contributed by atoms with Gasteiger partial charge in [0.25, 0.3) is 0 Å². The molecular weight excluding hydrogens is 256 g/mol. The van der Waals surface area contributed by atoms with E-state index in [9.17, 15) is 9.59 Å². The van der Waals surface area contributed by atoms with Crippen LogP contribution in [0.25, 0.3) is 0 Å². The second-order valence-electron chi connectivity index (χ2n) is 5.97. The normalized spacial score (nSPS) is 14.6. The molecule has 1 fully saturated rings. The lowest BCUT2D eigenvalue weighted by molar-refractivity contribution is -0.117. The van der Waals surface area contributed by atoms with Crippen LogP contribution in [0.3, 0.4) is 0 Å². The van der Waals surface area contributed by atoms with E-state index in [1.807, 2.05) is 20.8 Å². The molecule has 0 unspecified atom stereocenters. The molecule has 1 aromatic carbocycles. The molecule has 1 aromatic rings. The lowest BCUT2D eigenvalue weighted by atomic mass is 10.2. The fraction of sp³-hybridized carbons (Fsp3) is 0.467. The molecule has 0 bridgehead atoms. The highest BCUT2D eigenvalue weighted by atomic mass is 16.6. The fourth-order valence-corrected chi connectivity index (χ4v) is 1.65. The summed E-state index contributed by atoms with van der Waals surface area (Å²) in [6.07, 6.45) is 1.46. The molecule has 2 N–H and O–H groups in total. The van der Waals surface area contributed by atoms with Gasteiger partial charge >= 0.3 is 6.09 Å². The van der Waals surface area contributed by atoms with Gasteiger partial charge in [-0.1, -0.05) is 0 Å². The average Bonchev–Trinajstić information content (AvgIpc) is 3.13. The molecule has 0 aromatic heterocycles. The van der Waals surface area contributed by atoms with Crippen molar-refractivity contribution in [1.29, 1.82) is 0 Å². The van der Waals surface area contributed by atoms with Gasteiger partial charge in [0.05, 0.1) is 0 Å². The van der Waals surface area contributed by atoms with Crippen molar-refractivity contribution in [2.45, 2.75) is 39.2 Å². The first-order valence-electron chi connectivity index (χ1n) is 6.74. The summed E-state index contributed by atoms with van der Waals surface area (Å²) in [7, 11) is 0. The van der Waals surface area contributed by atoms with Gasteiger partial charge in [0.15, 0.2) is 0 Å². The molecule has 0 heterocycles. The van der Waals surface area contributed by atoms with Crippen molar-refractivity contribution < 1.29 is 14.3 Å². The molecule has 5 nitrogen and oxygen atoms in total. The molecule has 20 heavy (non-hydrogen) atoms. The third kappa shape index (κ3) is 4.57. The van der Waals surface area contributed by atoms with E-state index in [1.54, 1.807) is 24.3 Å². The molecular formula is C15H20N2O3. The molecule has 0 radical (unpaired) electrons. The van der Waals surface area contributed by atoms with Crippen LogP contribution in [0.15, 0.2) is 24.3 Å². The summed E-state index contributed by atoms with van der Waals surface area (Å²) in [5.41, 5.74) is 0.836. The van der Waals surface area contributed by atoms with E-state index >= 15 is 0 Å². The van der Waals surface area contributed by atoms with Crippen LogP contribution in [0, 0.1) is 5.92 Å². The maximum atomic E-state index is 11.6. The van der Waals surface area contributed by atoms with Gasteiger partial charge in [0.1, 0.15) is 5.60 Å². The number of carbonyl (C=O) groups is 2.